The van der Waals surface area contributed by atoms with E-state index in [0.717, 1.165) is 145 Å². The molecular weight excluding hydrogens is 877 g/mol. The van der Waals surface area contributed by atoms with Crippen LogP contribution in [0.5, 0.6) is 0 Å². The summed E-state index contributed by atoms with van der Waals surface area (Å²) in [5.74, 6) is 0. The molecule has 4 N–H and O–H groups in total. The molecule has 0 saturated carbocycles. The molecule has 6 aromatic carbocycles. The van der Waals surface area contributed by atoms with Crippen LogP contribution in [0.25, 0.3) is 146 Å². The molecule has 12 aromatic rings. The Morgan fingerprint density at radius 2 is 0.417 bits per heavy atom. The monoisotopic (exact) mass is 920 g/mol. The third-order valence-electron chi connectivity index (χ3n) is 14.1. The summed E-state index contributed by atoms with van der Waals surface area (Å²) in [6.45, 7) is 0. The van der Waals surface area contributed by atoms with Gasteiger partial charge >= 0.3 is 0 Å². The number of rotatable bonds is 7. The lowest BCUT2D eigenvalue weighted by atomic mass is 9.95. The fourth-order valence-corrected chi connectivity index (χ4v) is 10.8. The van der Waals surface area contributed by atoms with E-state index in [-0.39, 0.29) is 0 Å². The second-order valence-corrected chi connectivity index (χ2v) is 18.4. The lowest BCUT2D eigenvalue weighted by molar-refractivity contribution is 1.32. The number of aromatic nitrogens is 6. The first-order valence-corrected chi connectivity index (χ1v) is 24.4. The molecule has 0 amide bonds. The minimum Gasteiger partial charge on any atom is -0.354 e. The lowest BCUT2D eigenvalue weighted by Gasteiger charge is -2.11. The van der Waals surface area contributed by atoms with Crippen molar-refractivity contribution < 1.29 is 0 Å². The summed E-state index contributed by atoms with van der Waals surface area (Å²) in [7, 11) is 0. The number of hydrogen-bond acceptors (Lipinski definition) is 2. The SMILES string of the molecule is C1=Cc2nc1c(-c1ccccc1)c1ccc([nH]1)c(-c1ccccc1)c1ccc([nH]1)c2-c1cccc(-c2cccc(-c3c4nc(c(-c5ccccc5)c5ccc([nH]5)c(-c5ccccc5)c5ccc3[nH]5)C=C4)c2)c1. The molecule has 0 atom stereocenters. The summed E-state index contributed by atoms with van der Waals surface area (Å²) < 4.78 is 0. The third kappa shape index (κ3) is 7.12. The van der Waals surface area contributed by atoms with Gasteiger partial charge in [-0.15, -0.1) is 0 Å². The van der Waals surface area contributed by atoms with Crippen LogP contribution in [0.1, 0.15) is 22.8 Å². The van der Waals surface area contributed by atoms with Crippen molar-refractivity contribution >= 4 is 68.4 Å². The van der Waals surface area contributed by atoms with E-state index < -0.39 is 0 Å². The molecule has 2 aliphatic heterocycles. The fraction of sp³-hybridized carbons (Fsp3) is 0. The van der Waals surface area contributed by atoms with Gasteiger partial charge in [-0.1, -0.05) is 158 Å². The highest BCUT2D eigenvalue weighted by molar-refractivity contribution is 6.03. The van der Waals surface area contributed by atoms with Crippen LogP contribution >= 0.6 is 0 Å². The molecule has 14 rings (SSSR count). The molecule has 0 saturated heterocycles. The quantitative estimate of drug-likeness (QED) is 0.128. The lowest BCUT2D eigenvalue weighted by Crippen LogP contribution is -1.90. The van der Waals surface area contributed by atoms with Crippen molar-refractivity contribution in [1.82, 2.24) is 29.9 Å². The Morgan fingerprint density at radius 1 is 0.194 bits per heavy atom. The highest BCUT2D eigenvalue weighted by Crippen LogP contribution is 2.41. The maximum atomic E-state index is 5.45. The van der Waals surface area contributed by atoms with E-state index in [1.54, 1.807) is 0 Å². The van der Waals surface area contributed by atoms with E-state index >= 15 is 0 Å². The number of H-pyrrole nitrogens is 4. The van der Waals surface area contributed by atoms with E-state index in [4.69, 9.17) is 9.97 Å². The van der Waals surface area contributed by atoms with Crippen molar-refractivity contribution in [1.29, 1.82) is 0 Å². The summed E-state index contributed by atoms with van der Waals surface area (Å²) >= 11 is 0. The first kappa shape index (κ1) is 41.2. The normalized spacial score (nSPS) is 12.1. The van der Waals surface area contributed by atoms with Crippen molar-refractivity contribution in [2.24, 2.45) is 0 Å². The largest absolute Gasteiger partial charge is 0.354 e. The summed E-state index contributed by atoms with van der Waals surface area (Å²) in [4.78, 5) is 26.3. The van der Waals surface area contributed by atoms with E-state index in [1.165, 1.54) is 0 Å². The average Bonchev–Trinajstić information content (AvgIpc) is 4.31. The summed E-state index contributed by atoms with van der Waals surface area (Å²) in [5.41, 5.74) is 26.8. The van der Waals surface area contributed by atoms with Crippen molar-refractivity contribution in [3.8, 4) is 77.9 Å². The number of nitrogens with zero attached hydrogens (tertiary/aromatic N) is 2. The maximum absolute atomic E-state index is 5.45. The Hall–Kier alpha value is -9.78. The van der Waals surface area contributed by atoms with E-state index in [9.17, 15) is 0 Å². The van der Waals surface area contributed by atoms with Crippen molar-refractivity contribution in [2.75, 3.05) is 0 Å². The van der Waals surface area contributed by atoms with Crippen molar-refractivity contribution in [3.63, 3.8) is 0 Å². The van der Waals surface area contributed by atoms with Gasteiger partial charge in [-0.25, -0.2) is 9.97 Å². The van der Waals surface area contributed by atoms with Gasteiger partial charge in [-0.05, 0) is 129 Å². The molecule has 12 bridgehead atoms. The number of nitrogens with one attached hydrogen (secondary N) is 4. The van der Waals surface area contributed by atoms with Gasteiger partial charge in [-0.2, -0.15) is 0 Å². The first-order valence-electron chi connectivity index (χ1n) is 24.4. The molecule has 0 aliphatic carbocycles. The van der Waals surface area contributed by atoms with Crippen molar-refractivity contribution in [3.05, 3.63) is 241 Å². The Balaban J connectivity index is 0.972. The van der Waals surface area contributed by atoms with Crippen molar-refractivity contribution in [2.45, 2.75) is 0 Å². The van der Waals surface area contributed by atoms with Gasteiger partial charge in [0.25, 0.3) is 0 Å². The zero-order chi connectivity index (χ0) is 47.5. The number of hydrogen-bond donors (Lipinski definition) is 4. The van der Waals surface area contributed by atoms with Gasteiger partial charge in [0.1, 0.15) is 0 Å². The molecule has 0 radical (unpaired) electrons. The zero-order valence-corrected chi connectivity index (χ0v) is 39.0. The molecule has 338 valence electrons. The standard InChI is InChI=1S/C66H44N6/c1-5-15-41(16-6-1)61-49-27-28-50(67-49)62(42-17-7-2-8-18-42)54-32-36-58(70-54)65(57-35-31-53(61)69-57)47-25-13-23-45(39-47)46-24-14-26-48(40-46)66-59-37-33-55(71-59)63(43-19-9-3-10-20-43)51-29-30-52(68-51)64(44-21-11-4-12-22-44)56-34-38-60(66)72-56/h1-40,67-69,71H. The van der Waals surface area contributed by atoms with Crippen LogP contribution in [0.4, 0.5) is 0 Å². The summed E-state index contributed by atoms with van der Waals surface area (Å²) in [5, 5.41) is 0. The minimum atomic E-state index is 0.893. The Bertz CT molecular complexity index is 4020. The number of aromatic amines is 4. The second kappa shape index (κ2) is 17.0. The highest BCUT2D eigenvalue weighted by atomic mass is 14.8. The van der Waals surface area contributed by atoms with Gasteiger partial charge in [0.05, 0.1) is 22.8 Å². The molecule has 0 fully saturated rings. The van der Waals surface area contributed by atoms with Crippen LogP contribution in [0.15, 0.2) is 218 Å². The van der Waals surface area contributed by atoms with E-state index in [1.807, 2.05) is 0 Å². The minimum absolute atomic E-state index is 0.893. The van der Waals surface area contributed by atoms with Gasteiger partial charge in [0, 0.05) is 77.5 Å². The number of fused-ring (bicyclic) bond motifs is 12. The van der Waals surface area contributed by atoms with Crippen LogP contribution in [-0.4, -0.2) is 29.9 Å². The molecule has 72 heavy (non-hydrogen) atoms. The van der Waals surface area contributed by atoms with Crippen LogP contribution < -0.4 is 0 Å². The summed E-state index contributed by atoms with van der Waals surface area (Å²) in [6, 6.07) is 77.6. The highest BCUT2D eigenvalue weighted by Gasteiger charge is 2.20. The Morgan fingerprint density at radius 3 is 0.708 bits per heavy atom. The first-order chi connectivity index (χ1) is 35.7. The van der Waals surface area contributed by atoms with Gasteiger partial charge in [0.2, 0.25) is 0 Å². The van der Waals surface area contributed by atoms with Gasteiger partial charge < -0.3 is 19.9 Å². The van der Waals surface area contributed by atoms with Gasteiger partial charge in [-0.3, -0.25) is 0 Å². The predicted molar refractivity (Wildman–Crippen MR) is 301 cm³/mol. The van der Waals surface area contributed by atoms with Crippen LogP contribution in [0.2, 0.25) is 0 Å². The molecule has 0 unspecified atom stereocenters. The predicted octanol–water partition coefficient (Wildman–Crippen LogP) is 17.3. The molecule has 2 aliphatic rings. The van der Waals surface area contributed by atoms with Crippen LogP contribution in [-0.2, 0) is 0 Å². The summed E-state index contributed by atoms with van der Waals surface area (Å²) in [6.07, 6.45) is 8.63. The third-order valence-corrected chi connectivity index (χ3v) is 14.1. The molecule has 0 spiro atoms. The maximum Gasteiger partial charge on any atom is 0.0737 e. The van der Waals surface area contributed by atoms with Crippen LogP contribution in [0.3, 0.4) is 0 Å². The van der Waals surface area contributed by atoms with E-state index in [0.29, 0.717) is 0 Å². The molecule has 6 nitrogen and oxygen atoms in total. The second-order valence-electron chi connectivity index (χ2n) is 18.4. The number of benzene rings is 6. The Labute approximate surface area is 415 Å². The Kier molecular flexibility index (Phi) is 9.74. The molecule has 6 aromatic heterocycles. The van der Waals surface area contributed by atoms with E-state index in [2.05, 4.69) is 263 Å². The average molecular weight is 921 g/mol. The smallest absolute Gasteiger partial charge is 0.0737 e. The fourth-order valence-electron chi connectivity index (χ4n) is 10.8. The van der Waals surface area contributed by atoms with Crippen LogP contribution in [0, 0.1) is 0 Å². The molecule has 8 heterocycles. The molecular formula is C66H44N6. The topological polar surface area (TPSA) is 88.9 Å². The molecule has 6 heteroatoms. The van der Waals surface area contributed by atoms with Gasteiger partial charge in [0.15, 0.2) is 0 Å². The zero-order valence-electron chi connectivity index (χ0n) is 39.0.